The monoisotopic (exact) mass is 535 g/mol. The number of aromatic nitrogens is 3. The Morgan fingerprint density at radius 1 is 0.429 bits per heavy atom. The van der Waals surface area contributed by atoms with Crippen molar-refractivity contribution in [3.05, 3.63) is 152 Å². The molecule has 0 aliphatic carbocycles. The van der Waals surface area contributed by atoms with Crippen molar-refractivity contribution in [2.75, 3.05) is 0 Å². The maximum absolute atomic E-state index is 5.44. The van der Waals surface area contributed by atoms with Crippen LogP contribution < -0.4 is 0 Å². The Morgan fingerprint density at radius 3 is 1.86 bits per heavy atom. The Balaban J connectivity index is 1.52. The van der Waals surface area contributed by atoms with Gasteiger partial charge in [-0.2, -0.15) is 0 Å². The van der Waals surface area contributed by atoms with E-state index < -0.39 is 0 Å². The topological polar surface area (TPSA) is 22.2 Å². The number of imidazole rings is 1. The molecule has 3 heterocycles. The van der Waals surface area contributed by atoms with E-state index in [2.05, 4.69) is 161 Å². The summed E-state index contributed by atoms with van der Waals surface area (Å²) in [5, 5.41) is 4.79. The first-order chi connectivity index (χ1) is 20.9. The summed E-state index contributed by atoms with van der Waals surface area (Å²) in [5.74, 6) is 0. The summed E-state index contributed by atoms with van der Waals surface area (Å²) in [6.07, 6.45) is 0. The summed E-state index contributed by atoms with van der Waals surface area (Å²) in [5.41, 5.74) is 11.3. The number of hydrogen-bond donors (Lipinski definition) is 0. The van der Waals surface area contributed by atoms with E-state index in [9.17, 15) is 0 Å². The first kappa shape index (κ1) is 23.1. The highest BCUT2D eigenvalue weighted by Gasteiger charge is 2.22. The van der Waals surface area contributed by atoms with Crippen molar-refractivity contribution < 1.29 is 0 Å². The predicted octanol–water partition coefficient (Wildman–Crippen LogP) is 10.1. The minimum Gasteiger partial charge on any atom is -0.293 e. The fourth-order valence-corrected chi connectivity index (χ4v) is 6.67. The Morgan fingerprint density at radius 2 is 1.10 bits per heavy atom. The van der Waals surface area contributed by atoms with Gasteiger partial charge in [0.1, 0.15) is 11.2 Å². The molecule has 0 saturated carbocycles. The molecular formula is C39H25N3. The highest BCUT2D eigenvalue weighted by molar-refractivity contribution is 6.20. The lowest BCUT2D eigenvalue weighted by Gasteiger charge is -2.13. The summed E-state index contributed by atoms with van der Waals surface area (Å²) in [6.45, 7) is 0. The van der Waals surface area contributed by atoms with Gasteiger partial charge in [0.15, 0.2) is 5.65 Å². The fraction of sp³-hybridized carbons (Fsp3) is 0. The van der Waals surface area contributed by atoms with E-state index in [0.717, 1.165) is 38.9 Å². The predicted molar refractivity (Wildman–Crippen MR) is 175 cm³/mol. The zero-order chi connectivity index (χ0) is 27.6. The molecular weight excluding hydrogens is 510 g/mol. The SMILES string of the molecule is c1ccc(-c2ccc3c(c2)c2c(nc4c5ccccc5c5c(-c6ccccc6)cccc5n42)n3-c2ccccc2)cc1. The number of fused-ring (bicyclic) bond motifs is 10. The minimum atomic E-state index is 0.962. The van der Waals surface area contributed by atoms with Gasteiger partial charge in [0, 0.05) is 21.8 Å². The molecule has 0 radical (unpaired) electrons. The second-order valence-corrected chi connectivity index (χ2v) is 10.8. The molecule has 6 aromatic carbocycles. The van der Waals surface area contributed by atoms with E-state index in [0.29, 0.717) is 0 Å². The Kier molecular flexibility index (Phi) is 4.90. The van der Waals surface area contributed by atoms with E-state index in [1.54, 1.807) is 0 Å². The number of para-hydroxylation sites is 1. The summed E-state index contributed by atoms with van der Waals surface area (Å²) in [7, 11) is 0. The molecule has 9 rings (SSSR count). The van der Waals surface area contributed by atoms with Crippen LogP contribution in [-0.4, -0.2) is 14.0 Å². The van der Waals surface area contributed by atoms with Crippen LogP contribution in [0.3, 0.4) is 0 Å². The van der Waals surface area contributed by atoms with E-state index in [1.807, 2.05) is 0 Å². The van der Waals surface area contributed by atoms with Crippen LogP contribution in [0.2, 0.25) is 0 Å². The van der Waals surface area contributed by atoms with Gasteiger partial charge in [0.25, 0.3) is 0 Å². The van der Waals surface area contributed by atoms with Gasteiger partial charge >= 0.3 is 0 Å². The maximum Gasteiger partial charge on any atom is 0.165 e. The van der Waals surface area contributed by atoms with Crippen LogP contribution in [0.25, 0.3) is 77.3 Å². The molecule has 9 aromatic rings. The lowest BCUT2D eigenvalue weighted by atomic mass is 9.96. The van der Waals surface area contributed by atoms with Crippen molar-refractivity contribution in [1.82, 2.24) is 14.0 Å². The fourth-order valence-electron chi connectivity index (χ4n) is 6.67. The summed E-state index contributed by atoms with van der Waals surface area (Å²) >= 11 is 0. The molecule has 0 aliphatic rings. The number of hydrogen-bond acceptors (Lipinski definition) is 1. The Bertz CT molecular complexity index is 2430. The van der Waals surface area contributed by atoms with Crippen LogP contribution in [0.5, 0.6) is 0 Å². The molecule has 42 heavy (non-hydrogen) atoms. The summed E-state index contributed by atoms with van der Waals surface area (Å²) in [4.78, 5) is 5.44. The van der Waals surface area contributed by atoms with Crippen molar-refractivity contribution in [3.8, 4) is 27.9 Å². The van der Waals surface area contributed by atoms with Crippen LogP contribution in [-0.2, 0) is 0 Å². The van der Waals surface area contributed by atoms with Gasteiger partial charge in [-0.1, -0.05) is 121 Å². The maximum atomic E-state index is 5.44. The van der Waals surface area contributed by atoms with E-state index in [1.165, 1.54) is 38.4 Å². The first-order valence-corrected chi connectivity index (χ1v) is 14.3. The molecule has 3 heteroatoms. The molecule has 3 aromatic heterocycles. The zero-order valence-corrected chi connectivity index (χ0v) is 22.8. The second kappa shape index (κ2) is 8.92. The van der Waals surface area contributed by atoms with Crippen molar-refractivity contribution in [2.24, 2.45) is 0 Å². The quantitative estimate of drug-likeness (QED) is 0.206. The van der Waals surface area contributed by atoms with Crippen LogP contribution in [0.4, 0.5) is 0 Å². The van der Waals surface area contributed by atoms with Gasteiger partial charge in [0.05, 0.1) is 11.0 Å². The lowest BCUT2D eigenvalue weighted by molar-refractivity contribution is 1.15. The summed E-state index contributed by atoms with van der Waals surface area (Å²) in [6, 6.07) is 54.1. The first-order valence-electron chi connectivity index (χ1n) is 14.3. The van der Waals surface area contributed by atoms with E-state index in [4.69, 9.17) is 4.98 Å². The highest BCUT2D eigenvalue weighted by atomic mass is 15.1. The third-order valence-electron chi connectivity index (χ3n) is 8.49. The normalized spacial score (nSPS) is 11.8. The molecule has 0 amide bonds. The molecule has 0 fully saturated rings. The van der Waals surface area contributed by atoms with Gasteiger partial charge in [-0.05, 0) is 58.0 Å². The average Bonchev–Trinajstić information content (AvgIpc) is 3.61. The number of pyridine rings is 1. The Labute approximate surface area is 242 Å². The third-order valence-corrected chi connectivity index (χ3v) is 8.49. The van der Waals surface area contributed by atoms with Gasteiger partial charge in [0.2, 0.25) is 0 Å². The van der Waals surface area contributed by atoms with Gasteiger partial charge in [-0.15, -0.1) is 0 Å². The smallest absolute Gasteiger partial charge is 0.165 e. The molecule has 0 unspecified atom stereocenters. The summed E-state index contributed by atoms with van der Waals surface area (Å²) < 4.78 is 4.71. The van der Waals surface area contributed by atoms with Gasteiger partial charge in [-0.3, -0.25) is 8.97 Å². The zero-order valence-electron chi connectivity index (χ0n) is 22.8. The Hall–Kier alpha value is -5.67. The third kappa shape index (κ3) is 3.25. The van der Waals surface area contributed by atoms with Crippen LogP contribution in [0.15, 0.2) is 152 Å². The van der Waals surface area contributed by atoms with Crippen LogP contribution >= 0.6 is 0 Å². The van der Waals surface area contributed by atoms with Crippen molar-refractivity contribution in [3.63, 3.8) is 0 Å². The molecule has 0 atom stereocenters. The standard InChI is InChI=1S/C39H25N3/c1-4-13-26(14-5-1)28-23-24-34-33(25-28)37-39(41(34)29-17-8-3-9-18-29)40-38-32-20-11-10-19-31(32)36-30(27-15-6-2-7-16-27)21-12-22-35(36)42(37)38/h1-25H. The van der Waals surface area contributed by atoms with Crippen molar-refractivity contribution in [2.45, 2.75) is 0 Å². The minimum absolute atomic E-state index is 0.962. The molecule has 0 spiro atoms. The van der Waals surface area contributed by atoms with Gasteiger partial charge in [-0.25, -0.2) is 4.98 Å². The van der Waals surface area contributed by atoms with E-state index in [-0.39, 0.29) is 0 Å². The highest BCUT2D eigenvalue weighted by Crippen LogP contribution is 2.41. The molecule has 196 valence electrons. The lowest BCUT2D eigenvalue weighted by Crippen LogP contribution is -1.95. The number of benzene rings is 6. The van der Waals surface area contributed by atoms with Crippen molar-refractivity contribution >= 4 is 49.4 Å². The van der Waals surface area contributed by atoms with Crippen LogP contribution in [0, 0.1) is 0 Å². The largest absolute Gasteiger partial charge is 0.293 e. The molecule has 0 saturated heterocycles. The number of nitrogens with zero attached hydrogens (tertiary/aromatic N) is 3. The van der Waals surface area contributed by atoms with Gasteiger partial charge < -0.3 is 0 Å². The van der Waals surface area contributed by atoms with Crippen molar-refractivity contribution in [1.29, 1.82) is 0 Å². The molecule has 0 aliphatic heterocycles. The van der Waals surface area contributed by atoms with Crippen LogP contribution in [0.1, 0.15) is 0 Å². The average molecular weight is 536 g/mol. The molecule has 3 nitrogen and oxygen atoms in total. The van der Waals surface area contributed by atoms with E-state index >= 15 is 0 Å². The molecule has 0 bridgehead atoms. The molecule has 0 N–H and O–H groups in total. The second-order valence-electron chi connectivity index (χ2n) is 10.8. The number of rotatable bonds is 3.